The van der Waals surface area contributed by atoms with Crippen LogP contribution in [0.1, 0.15) is 26.7 Å². The van der Waals surface area contributed by atoms with Crippen molar-refractivity contribution in [2.45, 2.75) is 12.8 Å². The van der Waals surface area contributed by atoms with E-state index in [-0.39, 0.29) is 17.4 Å². The fraction of sp³-hybridized carbons (Fsp3) is 0.200. The van der Waals surface area contributed by atoms with Crippen LogP contribution in [0.5, 0.6) is 5.75 Å². The quantitative estimate of drug-likeness (QED) is 0.914. The van der Waals surface area contributed by atoms with Crippen LogP contribution >= 0.6 is 11.3 Å². The van der Waals surface area contributed by atoms with Gasteiger partial charge in [0, 0.05) is 5.56 Å². The van der Waals surface area contributed by atoms with Gasteiger partial charge in [0.25, 0.3) is 0 Å². The van der Waals surface area contributed by atoms with Gasteiger partial charge in [-0.3, -0.25) is 4.79 Å². The number of amides is 1. The van der Waals surface area contributed by atoms with Gasteiger partial charge in [-0.25, -0.2) is 4.79 Å². The van der Waals surface area contributed by atoms with E-state index < -0.39 is 11.9 Å². The number of fused-ring (bicyclic) bond motifs is 1. The van der Waals surface area contributed by atoms with Crippen molar-refractivity contribution < 1.29 is 19.4 Å². The van der Waals surface area contributed by atoms with Crippen molar-refractivity contribution >= 4 is 28.9 Å². The molecule has 0 saturated carbocycles. The van der Waals surface area contributed by atoms with Crippen molar-refractivity contribution in [1.29, 1.82) is 0 Å². The van der Waals surface area contributed by atoms with Crippen LogP contribution in [0.3, 0.4) is 0 Å². The highest BCUT2D eigenvalue weighted by Crippen LogP contribution is 2.35. The van der Waals surface area contributed by atoms with Gasteiger partial charge in [-0.2, -0.15) is 0 Å². The molecule has 0 bridgehead atoms. The van der Waals surface area contributed by atoms with Gasteiger partial charge in [0.05, 0.1) is 5.69 Å². The topological polar surface area (TPSA) is 75.6 Å². The Labute approximate surface area is 125 Å². The normalized spacial score (nSPS) is 16.1. The summed E-state index contributed by atoms with van der Waals surface area (Å²) in [4.78, 5) is 23.7. The molecule has 1 unspecified atom stereocenters. The lowest BCUT2D eigenvalue weighted by Gasteiger charge is -2.11. The largest absolute Gasteiger partial charge is 0.492 e. The third kappa shape index (κ3) is 2.38. The number of ether oxygens (including phenoxy) is 1. The molecule has 0 aliphatic carbocycles. The molecule has 1 aliphatic heterocycles. The monoisotopic (exact) mass is 303 g/mol. The number of hydrogen-bond acceptors (Lipinski definition) is 4. The molecular weight excluding hydrogens is 290 g/mol. The molecule has 2 N–H and O–H groups in total. The number of anilines is 1. The van der Waals surface area contributed by atoms with Crippen molar-refractivity contribution in [1.82, 2.24) is 0 Å². The lowest BCUT2D eigenvalue weighted by Crippen LogP contribution is -2.23. The van der Waals surface area contributed by atoms with Gasteiger partial charge in [0.2, 0.25) is 5.91 Å². The molecule has 21 heavy (non-hydrogen) atoms. The van der Waals surface area contributed by atoms with Crippen LogP contribution in [0.15, 0.2) is 29.6 Å². The second kappa shape index (κ2) is 5.21. The molecule has 1 aromatic heterocycles. The number of carbonyl (C=O) groups is 2. The van der Waals surface area contributed by atoms with Gasteiger partial charge in [-0.05, 0) is 23.9 Å². The number of thiophene rings is 1. The Bertz CT molecular complexity index is 722. The van der Waals surface area contributed by atoms with E-state index in [1.807, 2.05) is 24.3 Å². The molecule has 2 heterocycles. The number of carboxylic acids is 1. The third-order valence-corrected chi connectivity index (χ3v) is 4.52. The zero-order valence-corrected chi connectivity index (χ0v) is 12.1. The zero-order valence-electron chi connectivity index (χ0n) is 11.3. The molecule has 1 amide bonds. The Morgan fingerprint density at radius 1 is 1.38 bits per heavy atom. The van der Waals surface area contributed by atoms with Crippen LogP contribution in [0.2, 0.25) is 0 Å². The molecule has 5 nitrogen and oxygen atoms in total. The van der Waals surface area contributed by atoms with Crippen LogP contribution in [-0.4, -0.2) is 23.6 Å². The lowest BCUT2D eigenvalue weighted by molar-refractivity contribution is -0.117. The van der Waals surface area contributed by atoms with E-state index in [0.717, 1.165) is 22.5 Å². The number of carbonyl (C=O) groups excluding carboxylic acids is 1. The van der Waals surface area contributed by atoms with Crippen molar-refractivity contribution in [2.24, 2.45) is 0 Å². The SMILES string of the molecule is Cc1csc(C(=O)O)c1NC(=O)C1COc2ccccc21. The molecule has 1 aromatic carbocycles. The summed E-state index contributed by atoms with van der Waals surface area (Å²) in [5, 5.41) is 13.6. The second-order valence-electron chi connectivity index (χ2n) is 4.82. The van der Waals surface area contributed by atoms with Gasteiger partial charge in [-0.15, -0.1) is 11.3 Å². The highest BCUT2D eigenvalue weighted by atomic mass is 32.1. The molecule has 3 rings (SSSR count). The molecule has 1 atom stereocenters. The van der Waals surface area contributed by atoms with E-state index in [9.17, 15) is 9.59 Å². The van der Waals surface area contributed by atoms with Crippen molar-refractivity contribution in [3.05, 3.63) is 45.6 Å². The summed E-state index contributed by atoms with van der Waals surface area (Å²) >= 11 is 1.11. The first-order valence-corrected chi connectivity index (χ1v) is 7.30. The second-order valence-corrected chi connectivity index (χ2v) is 5.70. The Morgan fingerprint density at radius 3 is 2.90 bits per heavy atom. The van der Waals surface area contributed by atoms with Gasteiger partial charge in [0.1, 0.15) is 23.2 Å². The smallest absolute Gasteiger partial charge is 0.348 e. The molecule has 1 aliphatic rings. The van der Waals surface area contributed by atoms with Crippen molar-refractivity contribution in [3.63, 3.8) is 0 Å². The summed E-state index contributed by atoms with van der Waals surface area (Å²) in [5.74, 6) is -0.990. The fourth-order valence-electron chi connectivity index (χ4n) is 2.35. The maximum absolute atomic E-state index is 12.4. The van der Waals surface area contributed by atoms with Gasteiger partial charge >= 0.3 is 5.97 Å². The van der Waals surface area contributed by atoms with E-state index in [2.05, 4.69) is 5.32 Å². The molecular formula is C15H13NO4S. The number of para-hydroxylation sites is 1. The number of aryl methyl sites for hydroxylation is 1. The number of benzene rings is 1. The first-order chi connectivity index (χ1) is 10.1. The maximum Gasteiger partial charge on any atom is 0.348 e. The predicted octanol–water partition coefficient (Wildman–Crippen LogP) is 2.87. The number of hydrogen-bond donors (Lipinski definition) is 2. The van der Waals surface area contributed by atoms with E-state index in [1.165, 1.54) is 0 Å². The summed E-state index contributed by atoms with van der Waals surface area (Å²) < 4.78 is 5.48. The van der Waals surface area contributed by atoms with Crippen LogP contribution in [-0.2, 0) is 4.79 Å². The predicted molar refractivity (Wildman–Crippen MR) is 79.3 cm³/mol. The van der Waals surface area contributed by atoms with Crippen LogP contribution < -0.4 is 10.1 Å². The van der Waals surface area contributed by atoms with E-state index >= 15 is 0 Å². The fourth-order valence-corrected chi connectivity index (χ4v) is 3.19. The number of carboxylic acid groups (broad SMARTS) is 1. The summed E-state index contributed by atoms with van der Waals surface area (Å²) in [6, 6.07) is 7.38. The standard InChI is InChI=1S/C15H13NO4S/c1-8-7-21-13(15(18)19)12(8)16-14(17)10-6-20-11-5-3-2-4-9(10)11/h2-5,7,10H,6H2,1H3,(H,16,17)(H,18,19). The molecule has 6 heteroatoms. The molecule has 0 fully saturated rings. The van der Waals surface area contributed by atoms with Gasteiger partial charge in [0.15, 0.2) is 0 Å². The number of nitrogens with one attached hydrogen (secondary N) is 1. The lowest BCUT2D eigenvalue weighted by atomic mass is 10.0. The Hall–Kier alpha value is -2.34. The molecule has 2 aromatic rings. The average molecular weight is 303 g/mol. The Kier molecular flexibility index (Phi) is 3.39. The highest BCUT2D eigenvalue weighted by Gasteiger charge is 2.31. The molecule has 108 valence electrons. The molecule has 0 saturated heterocycles. The van der Waals surface area contributed by atoms with Crippen LogP contribution in [0.4, 0.5) is 5.69 Å². The van der Waals surface area contributed by atoms with E-state index in [4.69, 9.17) is 9.84 Å². The minimum Gasteiger partial charge on any atom is -0.492 e. The Morgan fingerprint density at radius 2 is 2.14 bits per heavy atom. The van der Waals surface area contributed by atoms with Crippen molar-refractivity contribution in [3.8, 4) is 5.75 Å². The summed E-state index contributed by atoms with van der Waals surface area (Å²) in [7, 11) is 0. The summed E-state index contributed by atoms with van der Waals surface area (Å²) in [6.45, 7) is 2.05. The first-order valence-electron chi connectivity index (χ1n) is 6.42. The minimum absolute atomic E-state index is 0.146. The summed E-state index contributed by atoms with van der Waals surface area (Å²) in [5.41, 5.74) is 1.96. The summed E-state index contributed by atoms with van der Waals surface area (Å²) in [6.07, 6.45) is 0. The van der Waals surface area contributed by atoms with Gasteiger partial charge in [-0.1, -0.05) is 18.2 Å². The van der Waals surface area contributed by atoms with Crippen molar-refractivity contribution in [2.75, 3.05) is 11.9 Å². The zero-order chi connectivity index (χ0) is 15.0. The van der Waals surface area contributed by atoms with Gasteiger partial charge < -0.3 is 15.2 Å². The molecule has 0 radical (unpaired) electrons. The first kappa shape index (κ1) is 13.6. The minimum atomic E-state index is -1.04. The van der Waals surface area contributed by atoms with Crippen LogP contribution in [0.25, 0.3) is 0 Å². The van der Waals surface area contributed by atoms with Crippen LogP contribution in [0, 0.1) is 6.92 Å². The maximum atomic E-state index is 12.4. The highest BCUT2D eigenvalue weighted by molar-refractivity contribution is 7.12. The average Bonchev–Trinajstić information content (AvgIpc) is 3.03. The molecule has 0 spiro atoms. The van der Waals surface area contributed by atoms with E-state index in [0.29, 0.717) is 11.4 Å². The Balaban J connectivity index is 1.86. The third-order valence-electron chi connectivity index (χ3n) is 3.43. The number of rotatable bonds is 3. The number of aromatic carboxylic acids is 1. The van der Waals surface area contributed by atoms with E-state index in [1.54, 1.807) is 12.3 Å².